The summed E-state index contributed by atoms with van der Waals surface area (Å²) in [4.78, 5) is 150. The van der Waals surface area contributed by atoms with Crippen LogP contribution in [0.15, 0.2) is 59.4 Å². The highest BCUT2D eigenvalue weighted by Gasteiger charge is 2.50. The van der Waals surface area contributed by atoms with Crippen molar-refractivity contribution in [2.24, 2.45) is 5.41 Å². The van der Waals surface area contributed by atoms with Crippen LogP contribution >= 0.6 is 0 Å². The molecule has 1 saturated carbocycles. The van der Waals surface area contributed by atoms with Gasteiger partial charge in [0.2, 0.25) is 35.4 Å². The number of aliphatic hydroxyl groups is 1. The molecule has 1 fully saturated rings. The number of nitrogens with one attached hydrogen (secondary N) is 6. The number of benzene rings is 2. The van der Waals surface area contributed by atoms with Gasteiger partial charge < -0.3 is 61.1 Å². The zero-order valence-electron chi connectivity index (χ0n) is 45.1. The van der Waals surface area contributed by atoms with Gasteiger partial charge in [-0.2, -0.15) is 0 Å². The third-order valence-corrected chi connectivity index (χ3v) is 15.9. The summed E-state index contributed by atoms with van der Waals surface area (Å²) in [5.74, 6) is -8.47. The molecule has 0 spiro atoms. The maximum absolute atomic E-state index is 15.6. The molecule has 2 aromatic heterocycles. The Morgan fingerprint density at radius 2 is 1.57 bits per heavy atom. The molecule has 3 aliphatic heterocycles. The number of aryl methyl sites for hydroxylation is 1. The molecule has 9 rings (SSSR count). The number of pyridine rings is 2. The summed E-state index contributed by atoms with van der Waals surface area (Å²) in [5.41, 5.74) is 1.12. The van der Waals surface area contributed by atoms with E-state index in [1.807, 2.05) is 0 Å². The number of carboxylic acids is 1. The van der Waals surface area contributed by atoms with E-state index >= 15 is 4.39 Å². The van der Waals surface area contributed by atoms with Crippen LogP contribution in [0.4, 0.5) is 4.39 Å². The number of esters is 1. The fourth-order valence-electron chi connectivity index (χ4n) is 11.4. The van der Waals surface area contributed by atoms with Gasteiger partial charge in [0.15, 0.2) is 5.60 Å². The lowest BCUT2D eigenvalue weighted by Gasteiger charge is -2.45. The number of fused-ring (bicyclic) bond motifs is 5. The lowest BCUT2D eigenvalue weighted by molar-refractivity contribution is -0.172. The number of carbonyl (C=O) groups excluding carboxylic acids is 9. The van der Waals surface area contributed by atoms with Gasteiger partial charge in [-0.3, -0.25) is 52.8 Å². The van der Waals surface area contributed by atoms with E-state index in [0.717, 1.165) is 29.7 Å². The number of rotatable bonds is 23. The van der Waals surface area contributed by atoms with Crippen molar-refractivity contribution < 1.29 is 72.0 Å². The highest BCUT2D eigenvalue weighted by molar-refractivity contribution is 6.15. The normalized spacial score (nSPS) is 18.7. The Morgan fingerprint density at radius 3 is 2.24 bits per heavy atom. The van der Waals surface area contributed by atoms with Gasteiger partial charge in [-0.15, -0.1) is 0 Å². The van der Waals surface area contributed by atoms with E-state index in [4.69, 9.17) is 19.6 Å². The molecule has 82 heavy (non-hydrogen) atoms. The van der Waals surface area contributed by atoms with Crippen molar-refractivity contribution in [3.63, 3.8) is 0 Å². The smallest absolute Gasteiger partial charge is 0.343 e. The number of ether oxygens (including phenoxy) is 2. The Bertz CT molecular complexity index is 3420. The number of aromatic nitrogens is 2. The summed E-state index contributed by atoms with van der Waals surface area (Å²) in [5, 5.41) is 35.8. The van der Waals surface area contributed by atoms with Crippen molar-refractivity contribution in [2.75, 3.05) is 53.1 Å². The van der Waals surface area contributed by atoms with Crippen LogP contribution in [0.2, 0.25) is 0 Å². The van der Waals surface area contributed by atoms with Crippen LogP contribution in [0.1, 0.15) is 84.0 Å². The first kappa shape index (κ1) is 57.9. The number of cyclic esters (lactones) is 1. The summed E-state index contributed by atoms with van der Waals surface area (Å²) in [6.07, 6.45) is 4.36. The molecular weight excluding hydrogens is 1070 g/mol. The van der Waals surface area contributed by atoms with Gasteiger partial charge in [0.1, 0.15) is 31.2 Å². The highest BCUT2D eigenvalue weighted by atomic mass is 19.1. The van der Waals surface area contributed by atoms with Crippen molar-refractivity contribution in [1.29, 1.82) is 0 Å². The topological polar surface area (TPSA) is 343 Å². The SMILES string of the molecule is CC[C@@]1(O)C(=O)OCc2c1cc1n(c2=O)Cc2c-1nc1cc(F)c(C)c3c1c2[C@@H](N(C)C(=O)C1(COCNC(=O)CNC(=O)[C@H](Cc2ccccc2)NC(=O)CNC(=O)CNC(=O)[C@@H](CNCC(=O)O)N2C(=O)C=CC2=O)CCC1)CC3. The van der Waals surface area contributed by atoms with Gasteiger partial charge in [0.25, 0.3) is 17.4 Å². The molecule has 2 aromatic carbocycles. The molecule has 25 nitrogen and oxygen atoms in total. The maximum Gasteiger partial charge on any atom is 0.343 e. The van der Waals surface area contributed by atoms with E-state index in [1.54, 1.807) is 62.2 Å². The lowest BCUT2D eigenvalue weighted by Crippen LogP contribution is -2.56. The Labute approximate surface area is 467 Å². The fraction of sp³-hybridized carbons (Fsp3) is 0.429. The third kappa shape index (κ3) is 11.3. The maximum atomic E-state index is 15.6. The number of carbonyl (C=O) groups is 10. The number of amides is 8. The molecule has 8 N–H and O–H groups in total. The van der Waals surface area contributed by atoms with E-state index in [1.165, 1.54) is 10.6 Å². The van der Waals surface area contributed by atoms with Gasteiger partial charge >= 0.3 is 11.9 Å². The Morgan fingerprint density at radius 1 is 0.890 bits per heavy atom. The predicted molar refractivity (Wildman–Crippen MR) is 285 cm³/mol. The monoisotopic (exact) mass is 1130 g/mol. The van der Waals surface area contributed by atoms with Crippen LogP contribution in [0.5, 0.6) is 0 Å². The fourth-order valence-corrected chi connectivity index (χ4v) is 11.4. The first-order valence-electron chi connectivity index (χ1n) is 26.7. The average molecular weight is 1130 g/mol. The van der Waals surface area contributed by atoms with E-state index in [-0.39, 0.29) is 56.4 Å². The van der Waals surface area contributed by atoms with E-state index in [0.29, 0.717) is 69.6 Å². The molecule has 8 amide bonds. The first-order valence-corrected chi connectivity index (χ1v) is 26.7. The number of halogens is 1. The number of hydrogen-bond acceptors (Lipinski definition) is 16. The van der Waals surface area contributed by atoms with Crippen LogP contribution < -0.4 is 37.5 Å². The summed E-state index contributed by atoms with van der Waals surface area (Å²) in [6.45, 7) is -0.246. The number of nitrogens with zero attached hydrogens (tertiary/aromatic N) is 4. The lowest BCUT2D eigenvalue weighted by atomic mass is 9.68. The first-order chi connectivity index (χ1) is 39.2. The molecule has 5 heterocycles. The molecule has 4 atom stereocenters. The molecule has 0 saturated heterocycles. The van der Waals surface area contributed by atoms with Crippen LogP contribution in [0.3, 0.4) is 0 Å². The summed E-state index contributed by atoms with van der Waals surface area (Å²) >= 11 is 0. The number of carboxylic acid groups (broad SMARTS) is 1. The van der Waals surface area contributed by atoms with Gasteiger partial charge in [-0.1, -0.05) is 43.7 Å². The Kier molecular flexibility index (Phi) is 16.8. The summed E-state index contributed by atoms with van der Waals surface area (Å²) < 4.78 is 28.3. The molecule has 0 unspecified atom stereocenters. The molecular formula is C56H61FN10O15. The van der Waals surface area contributed by atoms with Gasteiger partial charge in [-0.25, -0.2) is 14.2 Å². The highest BCUT2D eigenvalue weighted by Crippen LogP contribution is 2.50. The number of hydrogen-bond donors (Lipinski definition) is 8. The molecule has 4 aromatic rings. The van der Waals surface area contributed by atoms with Crippen LogP contribution in [-0.4, -0.2) is 154 Å². The number of imide groups is 1. The molecule has 0 radical (unpaired) electrons. The van der Waals surface area contributed by atoms with Crippen molar-refractivity contribution in [3.05, 3.63) is 110 Å². The standard InChI is InChI=1S/C56H61FN10O15/c1-4-56(80)34-18-39-49-32(25-66(39)52(77)33(34)26-82-54(56)79)48-38(12-11-31-29(2)35(57)19-36(64-49)47(31)48)65(3)53(78)55(15-8-16-55)27-81-28-62-42(69)22-60-50(75)37(17-30-9-6-5-7-10-30)63-43(70)23-59-41(68)21-61-51(76)40(20-58-24-46(73)74)67-44(71)13-14-45(67)72/h5-7,9-10,13-14,18-19,37-38,40,58,80H,4,8,11-12,15-17,20-28H2,1-3H3,(H,59,68)(H,60,75)(H,61,76)(H,62,69)(H,63,70)(H,73,74)/t37-,38-,40+,56-/m0/s1. The molecule has 432 valence electrons. The molecule has 5 aliphatic rings. The minimum absolute atomic E-state index is 0.0174. The third-order valence-electron chi connectivity index (χ3n) is 15.9. The zero-order chi connectivity index (χ0) is 58.8. The summed E-state index contributed by atoms with van der Waals surface area (Å²) in [6, 6.07) is 8.29. The molecule has 0 bridgehead atoms. The Balaban J connectivity index is 0.798. The zero-order valence-corrected chi connectivity index (χ0v) is 45.1. The molecule has 26 heteroatoms. The van der Waals surface area contributed by atoms with Gasteiger partial charge in [0, 0.05) is 54.7 Å². The van der Waals surface area contributed by atoms with E-state index < -0.39 is 127 Å². The average Bonchev–Trinajstić information content (AvgIpc) is 4.12. The van der Waals surface area contributed by atoms with Crippen molar-refractivity contribution >= 4 is 70.1 Å². The minimum atomic E-state index is -2.06. The predicted octanol–water partition coefficient (Wildman–Crippen LogP) is -0.723. The molecule has 2 aliphatic carbocycles. The Hall–Kier alpha value is -8.75. The van der Waals surface area contributed by atoms with Crippen molar-refractivity contribution in [1.82, 2.24) is 51.3 Å². The quantitative estimate of drug-likeness (QED) is 0.0173. The largest absolute Gasteiger partial charge is 0.480 e. The second-order valence-corrected chi connectivity index (χ2v) is 21.0. The van der Waals surface area contributed by atoms with Crippen LogP contribution in [0, 0.1) is 18.2 Å². The van der Waals surface area contributed by atoms with Crippen LogP contribution in [0.25, 0.3) is 22.3 Å². The van der Waals surface area contributed by atoms with E-state index in [2.05, 4.69) is 31.9 Å². The minimum Gasteiger partial charge on any atom is -0.480 e. The van der Waals surface area contributed by atoms with Crippen molar-refractivity contribution in [2.45, 2.75) is 95.7 Å². The second-order valence-electron chi connectivity index (χ2n) is 21.0. The van der Waals surface area contributed by atoms with Gasteiger partial charge in [-0.05, 0) is 67.3 Å². The van der Waals surface area contributed by atoms with E-state index in [9.17, 15) is 57.8 Å². The second kappa shape index (κ2) is 23.8. The number of aliphatic carboxylic acids is 1. The summed E-state index contributed by atoms with van der Waals surface area (Å²) in [7, 11) is 1.70. The van der Waals surface area contributed by atoms with Crippen molar-refractivity contribution in [3.8, 4) is 11.4 Å². The van der Waals surface area contributed by atoms with Gasteiger partial charge in [0.05, 0.1) is 73.3 Å². The van der Waals surface area contributed by atoms with Crippen LogP contribution in [-0.2, 0) is 89.0 Å².